The first-order valence-corrected chi connectivity index (χ1v) is 6.06. The molecule has 0 atom stereocenters. The minimum Gasteiger partial charge on any atom is -0.506 e. The van der Waals surface area contributed by atoms with Crippen molar-refractivity contribution in [2.45, 2.75) is 57.3 Å². The molecule has 0 fully saturated rings. The third-order valence-electron chi connectivity index (χ3n) is 2.71. The lowest BCUT2D eigenvalue weighted by Gasteiger charge is -2.31. The van der Waals surface area contributed by atoms with E-state index in [1.807, 2.05) is 6.07 Å². The zero-order chi connectivity index (χ0) is 12.7. The van der Waals surface area contributed by atoms with E-state index in [0.717, 1.165) is 5.56 Å². The summed E-state index contributed by atoms with van der Waals surface area (Å²) in [5.41, 5.74) is 2.15. The smallest absolute Gasteiger partial charge is 0.132 e. The SMILES string of the molecule is CC(C)(C)c1ccc(S)c(O)c1C(C)(C)C. The topological polar surface area (TPSA) is 20.2 Å². The van der Waals surface area contributed by atoms with Gasteiger partial charge in [0.05, 0.1) is 0 Å². The van der Waals surface area contributed by atoms with Crippen LogP contribution in [-0.2, 0) is 10.8 Å². The molecule has 0 unspecified atom stereocenters. The standard InChI is InChI=1S/C14H22OS/c1-13(2,3)9-7-8-10(16)12(15)11(9)14(4,5)6/h7-8,15-16H,1-6H3. The number of benzene rings is 1. The number of hydrogen-bond donors (Lipinski definition) is 2. The van der Waals surface area contributed by atoms with Crippen molar-refractivity contribution in [3.63, 3.8) is 0 Å². The molecule has 0 amide bonds. The highest BCUT2D eigenvalue weighted by atomic mass is 32.1. The Balaban J connectivity index is 3.59. The first-order chi connectivity index (χ1) is 7.05. The molecule has 0 spiro atoms. The maximum atomic E-state index is 10.2. The van der Waals surface area contributed by atoms with Gasteiger partial charge in [0.15, 0.2) is 0 Å². The van der Waals surface area contributed by atoms with Crippen LogP contribution in [0.25, 0.3) is 0 Å². The van der Waals surface area contributed by atoms with E-state index >= 15 is 0 Å². The largest absolute Gasteiger partial charge is 0.506 e. The van der Waals surface area contributed by atoms with Crippen LogP contribution in [-0.4, -0.2) is 5.11 Å². The summed E-state index contributed by atoms with van der Waals surface area (Å²) in [7, 11) is 0. The van der Waals surface area contributed by atoms with E-state index < -0.39 is 0 Å². The van der Waals surface area contributed by atoms with Crippen LogP contribution in [0.5, 0.6) is 5.75 Å². The molecule has 0 saturated heterocycles. The number of thiol groups is 1. The molecule has 1 N–H and O–H groups in total. The molecule has 0 aliphatic heterocycles. The van der Waals surface area contributed by atoms with Crippen molar-refractivity contribution in [3.8, 4) is 5.75 Å². The van der Waals surface area contributed by atoms with E-state index in [9.17, 15) is 5.11 Å². The summed E-state index contributed by atoms with van der Waals surface area (Å²) in [5.74, 6) is 0.322. The molecule has 1 aromatic rings. The van der Waals surface area contributed by atoms with Crippen LogP contribution in [0.1, 0.15) is 52.7 Å². The van der Waals surface area contributed by atoms with Gasteiger partial charge in [-0.2, -0.15) is 0 Å². The van der Waals surface area contributed by atoms with Crippen molar-refractivity contribution in [1.82, 2.24) is 0 Å². The highest BCUT2D eigenvalue weighted by Gasteiger charge is 2.28. The van der Waals surface area contributed by atoms with Crippen molar-refractivity contribution in [2.75, 3.05) is 0 Å². The van der Waals surface area contributed by atoms with E-state index in [2.05, 4.69) is 60.2 Å². The Morgan fingerprint density at radius 3 is 1.81 bits per heavy atom. The lowest BCUT2D eigenvalue weighted by molar-refractivity contribution is 0.424. The van der Waals surface area contributed by atoms with Gasteiger partial charge in [-0.15, -0.1) is 12.6 Å². The summed E-state index contributed by atoms with van der Waals surface area (Å²) in [6.45, 7) is 12.8. The predicted octanol–water partition coefficient (Wildman–Crippen LogP) is 4.28. The Morgan fingerprint density at radius 1 is 0.938 bits per heavy atom. The molecule has 0 saturated carbocycles. The molecule has 0 bridgehead atoms. The van der Waals surface area contributed by atoms with Crippen molar-refractivity contribution < 1.29 is 5.11 Å². The zero-order valence-electron chi connectivity index (χ0n) is 11.0. The van der Waals surface area contributed by atoms with E-state index in [0.29, 0.717) is 10.6 Å². The van der Waals surface area contributed by atoms with Gasteiger partial charge in [0.2, 0.25) is 0 Å². The average molecular weight is 238 g/mol. The first kappa shape index (κ1) is 13.4. The van der Waals surface area contributed by atoms with Crippen LogP contribution in [0.4, 0.5) is 0 Å². The molecule has 0 aliphatic rings. The van der Waals surface area contributed by atoms with Gasteiger partial charge in [-0.25, -0.2) is 0 Å². The Labute approximate surface area is 104 Å². The van der Waals surface area contributed by atoms with Crippen molar-refractivity contribution in [3.05, 3.63) is 23.3 Å². The molecule has 0 aliphatic carbocycles. The third kappa shape index (κ3) is 2.54. The third-order valence-corrected chi connectivity index (χ3v) is 3.08. The molecule has 1 aromatic carbocycles. The number of rotatable bonds is 0. The summed E-state index contributed by atoms with van der Waals surface area (Å²) in [5, 5.41) is 10.2. The molecule has 16 heavy (non-hydrogen) atoms. The monoisotopic (exact) mass is 238 g/mol. The molecule has 1 nitrogen and oxygen atoms in total. The molecule has 90 valence electrons. The minimum absolute atomic E-state index is 0.0293. The summed E-state index contributed by atoms with van der Waals surface area (Å²) < 4.78 is 0. The van der Waals surface area contributed by atoms with E-state index in [1.54, 1.807) is 0 Å². The predicted molar refractivity (Wildman–Crippen MR) is 72.8 cm³/mol. The normalized spacial score (nSPS) is 12.9. The Kier molecular flexibility index (Phi) is 3.35. The van der Waals surface area contributed by atoms with Gasteiger partial charge in [-0.05, 0) is 22.5 Å². The highest BCUT2D eigenvalue weighted by molar-refractivity contribution is 7.80. The van der Waals surface area contributed by atoms with Crippen molar-refractivity contribution >= 4 is 12.6 Å². The van der Waals surface area contributed by atoms with Gasteiger partial charge in [0.1, 0.15) is 5.75 Å². The zero-order valence-corrected chi connectivity index (χ0v) is 11.9. The summed E-state index contributed by atoms with van der Waals surface area (Å²) in [6.07, 6.45) is 0. The van der Waals surface area contributed by atoms with Gasteiger partial charge in [-0.1, -0.05) is 47.6 Å². The quantitative estimate of drug-likeness (QED) is 0.647. The summed E-state index contributed by atoms with van der Waals surface area (Å²) in [6, 6.07) is 3.94. The molecule has 0 radical (unpaired) electrons. The Hall–Kier alpha value is -0.630. The Morgan fingerprint density at radius 2 is 1.44 bits per heavy atom. The van der Waals surface area contributed by atoms with Crippen LogP contribution >= 0.6 is 12.6 Å². The summed E-state index contributed by atoms with van der Waals surface area (Å²) in [4.78, 5) is 0.651. The van der Waals surface area contributed by atoms with E-state index in [4.69, 9.17) is 0 Å². The molecule has 0 heterocycles. The average Bonchev–Trinajstić information content (AvgIpc) is 2.05. The lowest BCUT2D eigenvalue weighted by atomic mass is 9.75. The second-order valence-electron chi connectivity index (χ2n) is 6.36. The maximum Gasteiger partial charge on any atom is 0.132 e. The van der Waals surface area contributed by atoms with Crippen LogP contribution in [0, 0.1) is 0 Å². The van der Waals surface area contributed by atoms with Crippen LogP contribution in [0.15, 0.2) is 17.0 Å². The fourth-order valence-corrected chi connectivity index (χ4v) is 2.15. The van der Waals surface area contributed by atoms with Crippen LogP contribution in [0.2, 0.25) is 0 Å². The molecule has 0 aromatic heterocycles. The van der Waals surface area contributed by atoms with Gasteiger partial charge >= 0.3 is 0 Å². The molecular formula is C14H22OS. The van der Waals surface area contributed by atoms with Gasteiger partial charge in [-0.3, -0.25) is 0 Å². The highest BCUT2D eigenvalue weighted by Crippen LogP contribution is 2.41. The van der Waals surface area contributed by atoms with Gasteiger partial charge in [0, 0.05) is 10.5 Å². The number of phenols is 1. The number of aromatic hydroxyl groups is 1. The van der Waals surface area contributed by atoms with Crippen molar-refractivity contribution in [1.29, 1.82) is 0 Å². The molecule has 1 rings (SSSR count). The lowest BCUT2D eigenvalue weighted by Crippen LogP contribution is -2.22. The second-order valence-corrected chi connectivity index (χ2v) is 6.84. The fourth-order valence-electron chi connectivity index (χ4n) is 1.96. The first-order valence-electron chi connectivity index (χ1n) is 5.61. The van der Waals surface area contributed by atoms with E-state index in [1.165, 1.54) is 5.56 Å². The molecular weight excluding hydrogens is 216 g/mol. The van der Waals surface area contributed by atoms with Crippen molar-refractivity contribution in [2.24, 2.45) is 0 Å². The maximum absolute atomic E-state index is 10.2. The van der Waals surface area contributed by atoms with Crippen LogP contribution < -0.4 is 0 Å². The van der Waals surface area contributed by atoms with Crippen LogP contribution in [0.3, 0.4) is 0 Å². The minimum atomic E-state index is -0.0779. The number of phenolic OH excluding ortho intramolecular Hbond substituents is 1. The van der Waals surface area contributed by atoms with Gasteiger partial charge < -0.3 is 5.11 Å². The fraction of sp³-hybridized carbons (Fsp3) is 0.571. The molecule has 2 heteroatoms. The number of hydrogen-bond acceptors (Lipinski definition) is 2. The summed E-state index contributed by atoms with van der Waals surface area (Å²) >= 11 is 4.29. The van der Waals surface area contributed by atoms with Gasteiger partial charge in [0.25, 0.3) is 0 Å². The Bertz CT molecular complexity index is 394. The second kappa shape index (κ2) is 3.99. The van der Waals surface area contributed by atoms with E-state index in [-0.39, 0.29) is 10.8 Å².